The van der Waals surface area contributed by atoms with E-state index in [2.05, 4.69) is 10.4 Å². The average molecular weight is 500 g/mol. The number of nitrogens with zero attached hydrogens (tertiary/aromatic N) is 3. The smallest absolute Gasteiger partial charge is 0.244 e. The lowest BCUT2D eigenvalue weighted by Gasteiger charge is -2.36. The largest absolute Gasteiger partial charge is 0.350 e. The maximum absolute atomic E-state index is 14.1. The Kier molecular flexibility index (Phi) is 7.47. The number of benzene rings is 2. The number of carbonyl (C=O) groups excluding carboxylic acids is 3. The second-order valence-corrected chi connectivity index (χ2v) is 9.35. The number of aromatic nitrogens is 2. The highest BCUT2D eigenvalue weighted by Crippen LogP contribution is 2.27. The van der Waals surface area contributed by atoms with Gasteiger partial charge in [0.2, 0.25) is 11.8 Å². The van der Waals surface area contributed by atoms with Crippen LogP contribution in [0, 0.1) is 11.7 Å². The Morgan fingerprint density at radius 3 is 2.66 bits per heavy atom. The molecule has 0 aliphatic heterocycles. The van der Waals surface area contributed by atoms with Crippen LogP contribution >= 0.6 is 11.6 Å². The van der Waals surface area contributed by atoms with Gasteiger partial charge in [-0.25, -0.2) is 4.39 Å². The molecule has 1 aromatic heterocycles. The lowest BCUT2D eigenvalue weighted by atomic mass is 9.80. The minimum atomic E-state index is -0.585. The van der Waals surface area contributed by atoms with Gasteiger partial charge in [0.25, 0.3) is 0 Å². The van der Waals surface area contributed by atoms with E-state index in [0.717, 1.165) is 12.8 Å². The van der Waals surface area contributed by atoms with Gasteiger partial charge in [0.1, 0.15) is 18.1 Å². The van der Waals surface area contributed by atoms with Crippen LogP contribution in [0.5, 0.6) is 0 Å². The highest BCUT2D eigenvalue weighted by molar-refractivity contribution is 6.30. The summed E-state index contributed by atoms with van der Waals surface area (Å²) in [5.74, 6) is -1.30. The van der Waals surface area contributed by atoms with Crippen LogP contribution in [0.2, 0.25) is 5.02 Å². The molecule has 0 radical (unpaired) electrons. The van der Waals surface area contributed by atoms with E-state index >= 15 is 0 Å². The third-order valence-corrected chi connectivity index (χ3v) is 6.51. The van der Waals surface area contributed by atoms with Gasteiger partial charge in [0, 0.05) is 37.0 Å². The molecule has 1 fully saturated rings. The van der Waals surface area contributed by atoms with Crippen molar-refractivity contribution in [3.63, 3.8) is 0 Å². The molecule has 10 heteroatoms. The Morgan fingerprint density at radius 2 is 1.94 bits per heavy atom. The minimum Gasteiger partial charge on any atom is -0.350 e. The van der Waals surface area contributed by atoms with Crippen LogP contribution < -0.4 is 11.1 Å². The van der Waals surface area contributed by atoms with Crippen molar-refractivity contribution >= 4 is 40.1 Å². The molecule has 184 valence electrons. The van der Waals surface area contributed by atoms with Crippen molar-refractivity contribution in [1.82, 2.24) is 20.0 Å². The molecule has 4 rings (SSSR count). The van der Waals surface area contributed by atoms with Crippen LogP contribution in [0.1, 0.15) is 35.8 Å². The molecule has 0 bridgehead atoms. The Labute approximate surface area is 207 Å². The predicted octanol–water partition coefficient (Wildman–Crippen LogP) is 2.91. The van der Waals surface area contributed by atoms with Crippen LogP contribution in [-0.2, 0) is 22.7 Å². The maximum atomic E-state index is 14.1. The van der Waals surface area contributed by atoms with E-state index < -0.39 is 11.7 Å². The van der Waals surface area contributed by atoms with Crippen molar-refractivity contribution in [2.75, 3.05) is 13.1 Å². The van der Waals surface area contributed by atoms with Gasteiger partial charge in [0.15, 0.2) is 5.78 Å². The zero-order chi connectivity index (χ0) is 25.1. The molecule has 1 aliphatic rings. The molecule has 0 atom stereocenters. The van der Waals surface area contributed by atoms with Gasteiger partial charge in [-0.05, 0) is 30.9 Å². The van der Waals surface area contributed by atoms with Crippen molar-refractivity contribution in [3.05, 3.63) is 64.6 Å². The van der Waals surface area contributed by atoms with Gasteiger partial charge in [-0.2, -0.15) is 5.10 Å². The standard InChI is InChI=1S/C25H27ClFN5O3/c1-15(33)25-19-6-2-3-8-21(19)32(30-25)14-23(35)31(12-16-9-18(28)10-16)13-22(34)29-11-17-5-4-7-20(26)24(17)27/h2-8,16,18H,9-14,28H2,1H3,(H,29,34)/t16-,18-. The van der Waals surface area contributed by atoms with E-state index in [-0.39, 0.29) is 53.9 Å². The van der Waals surface area contributed by atoms with Gasteiger partial charge in [-0.3, -0.25) is 19.1 Å². The second-order valence-electron chi connectivity index (χ2n) is 8.94. The maximum Gasteiger partial charge on any atom is 0.244 e. The average Bonchev–Trinajstić information content (AvgIpc) is 3.17. The Balaban J connectivity index is 1.47. The van der Waals surface area contributed by atoms with E-state index in [1.165, 1.54) is 28.6 Å². The summed E-state index contributed by atoms with van der Waals surface area (Å²) in [6.07, 6.45) is 1.55. The Bertz CT molecular complexity index is 1270. The fourth-order valence-corrected chi connectivity index (χ4v) is 4.54. The normalized spacial score (nSPS) is 17.1. The van der Waals surface area contributed by atoms with Crippen LogP contribution in [-0.4, -0.2) is 51.4 Å². The molecular weight excluding hydrogens is 473 g/mol. The molecule has 1 aliphatic carbocycles. The quantitative estimate of drug-likeness (QED) is 0.440. The highest BCUT2D eigenvalue weighted by Gasteiger charge is 2.30. The molecule has 2 aromatic carbocycles. The third kappa shape index (κ3) is 5.68. The van der Waals surface area contributed by atoms with Crippen molar-refractivity contribution in [2.45, 2.75) is 38.9 Å². The molecule has 3 N–H and O–H groups in total. The first-order valence-corrected chi connectivity index (χ1v) is 11.8. The Hall–Kier alpha value is -3.30. The number of fused-ring (bicyclic) bond motifs is 1. The number of ketones is 1. The molecule has 0 spiro atoms. The van der Waals surface area contributed by atoms with Gasteiger partial charge in [-0.15, -0.1) is 0 Å². The summed E-state index contributed by atoms with van der Waals surface area (Å²) in [6.45, 7) is 1.45. The van der Waals surface area contributed by atoms with Gasteiger partial charge in [-0.1, -0.05) is 41.9 Å². The van der Waals surface area contributed by atoms with E-state index in [1.54, 1.807) is 18.2 Å². The number of hydrogen-bond acceptors (Lipinski definition) is 5. The lowest BCUT2D eigenvalue weighted by Crippen LogP contribution is -2.48. The number of amides is 2. The monoisotopic (exact) mass is 499 g/mol. The number of rotatable bonds is 9. The van der Waals surface area contributed by atoms with E-state index in [9.17, 15) is 18.8 Å². The molecule has 8 nitrogen and oxygen atoms in total. The van der Waals surface area contributed by atoms with Crippen LogP contribution in [0.25, 0.3) is 10.9 Å². The summed E-state index contributed by atoms with van der Waals surface area (Å²) >= 11 is 5.81. The first-order valence-electron chi connectivity index (χ1n) is 11.4. The van der Waals surface area contributed by atoms with Crippen LogP contribution in [0.3, 0.4) is 0 Å². The number of nitrogens with two attached hydrogens (primary N) is 1. The minimum absolute atomic E-state index is 0.0220. The van der Waals surface area contributed by atoms with Crippen LogP contribution in [0.15, 0.2) is 42.5 Å². The lowest BCUT2D eigenvalue weighted by molar-refractivity contribution is -0.137. The van der Waals surface area contributed by atoms with E-state index in [0.29, 0.717) is 23.1 Å². The summed E-state index contributed by atoms with van der Waals surface area (Å²) in [5.41, 5.74) is 7.12. The fourth-order valence-electron chi connectivity index (χ4n) is 4.35. The second kappa shape index (κ2) is 10.5. The molecule has 0 unspecified atom stereocenters. The number of carbonyl (C=O) groups is 3. The number of hydrogen-bond donors (Lipinski definition) is 2. The van der Waals surface area contributed by atoms with Crippen molar-refractivity contribution in [3.8, 4) is 0 Å². The third-order valence-electron chi connectivity index (χ3n) is 6.22. The zero-order valence-corrected chi connectivity index (χ0v) is 20.1. The first kappa shape index (κ1) is 24.8. The number of Topliss-reactive ketones (excluding diaryl/α,β-unsaturated/α-hetero) is 1. The first-order chi connectivity index (χ1) is 16.7. The molecule has 35 heavy (non-hydrogen) atoms. The summed E-state index contributed by atoms with van der Waals surface area (Å²) in [6, 6.07) is 11.9. The van der Waals surface area contributed by atoms with Crippen molar-refractivity contribution in [2.24, 2.45) is 11.7 Å². The van der Waals surface area contributed by atoms with Gasteiger partial charge >= 0.3 is 0 Å². The fraction of sp³-hybridized carbons (Fsp3) is 0.360. The Morgan fingerprint density at radius 1 is 1.20 bits per heavy atom. The molecular formula is C25H27ClFN5O3. The van der Waals surface area contributed by atoms with Crippen LogP contribution in [0.4, 0.5) is 4.39 Å². The van der Waals surface area contributed by atoms with Gasteiger partial charge in [0.05, 0.1) is 17.1 Å². The number of nitrogens with one attached hydrogen (secondary N) is 1. The SMILES string of the molecule is CC(=O)c1nn(CC(=O)N(CC(=O)NCc2cccc(Cl)c2F)C[C@H]2C[C@H](N)C2)c2ccccc12. The summed E-state index contributed by atoms with van der Waals surface area (Å²) < 4.78 is 15.6. The van der Waals surface area contributed by atoms with Gasteiger partial charge < -0.3 is 16.0 Å². The number of para-hydroxylation sites is 1. The zero-order valence-electron chi connectivity index (χ0n) is 19.3. The van der Waals surface area contributed by atoms with E-state index in [1.807, 2.05) is 12.1 Å². The molecule has 1 saturated carbocycles. The molecule has 3 aromatic rings. The number of halogens is 2. The topological polar surface area (TPSA) is 110 Å². The summed E-state index contributed by atoms with van der Waals surface area (Å²) in [4.78, 5) is 39.5. The predicted molar refractivity (Wildman–Crippen MR) is 130 cm³/mol. The van der Waals surface area contributed by atoms with E-state index in [4.69, 9.17) is 17.3 Å². The molecule has 1 heterocycles. The highest BCUT2D eigenvalue weighted by atomic mass is 35.5. The molecule has 2 amide bonds. The van der Waals surface area contributed by atoms with Crippen molar-refractivity contribution < 1.29 is 18.8 Å². The van der Waals surface area contributed by atoms with Crippen molar-refractivity contribution in [1.29, 1.82) is 0 Å². The summed E-state index contributed by atoms with van der Waals surface area (Å²) in [7, 11) is 0. The summed E-state index contributed by atoms with van der Waals surface area (Å²) in [5, 5.41) is 7.66. The molecule has 0 saturated heterocycles.